The Kier molecular flexibility index (Phi) is 1.69. The maximum atomic E-state index is 10.9. The second-order valence-corrected chi connectivity index (χ2v) is 3.48. The van der Waals surface area contributed by atoms with Crippen LogP contribution in [0.1, 0.15) is 11.6 Å². The molecule has 15 heavy (non-hydrogen) atoms. The third kappa shape index (κ3) is 1.12. The van der Waals surface area contributed by atoms with E-state index < -0.39 is 0 Å². The maximum Gasteiger partial charge on any atom is 0.143 e. The summed E-state index contributed by atoms with van der Waals surface area (Å²) in [6, 6.07) is 7.39. The summed E-state index contributed by atoms with van der Waals surface area (Å²) in [5.41, 5.74) is 8.80. The number of anilines is 1. The number of carbonyl (C=O) groups excluding carboxylic acids is 1. The van der Waals surface area contributed by atoms with Gasteiger partial charge in [0, 0.05) is 11.6 Å². The van der Waals surface area contributed by atoms with Crippen molar-refractivity contribution in [1.82, 2.24) is 10.4 Å². The van der Waals surface area contributed by atoms with Crippen molar-refractivity contribution in [2.45, 2.75) is 6.04 Å². The molecular weight excluding hydrogens is 190 g/mol. The third-order valence-corrected chi connectivity index (χ3v) is 2.63. The zero-order valence-electron chi connectivity index (χ0n) is 7.90. The number of carbonyl (C=O) groups is 1. The minimum absolute atomic E-state index is 0.301. The highest BCUT2D eigenvalue weighted by Gasteiger charge is 2.20. The molecule has 1 aromatic heterocycles. The largest absolute Gasteiger partial charge is 0.320 e. The monoisotopic (exact) mass is 199 g/mol. The van der Waals surface area contributed by atoms with E-state index in [0.29, 0.717) is 0 Å². The van der Waals surface area contributed by atoms with Gasteiger partial charge in [0.05, 0.1) is 11.2 Å². The van der Waals surface area contributed by atoms with Crippen molar-refractivity contribution in [2.24, 2.45) is 0 Å². The highest BCUT2D eigenvalue weighted by Crippen LogP contribution is 2.31. The average molecular weight is 199 g/mol. The molecule has 0 spiro atoms. The van der Waals surface area contributed by atoms with Gasteiger partial charge < -0.3 is 10.2 Å². The fourth-order valence-electron chi connectivity index (χ4n) is 1.94. The van der Waals surface area contributed by atoms with E-state index in [-0.39, 0.29) is 6.04 Å². The minimum atomic E-state index is -0.301. The zero-order valence-corrected chi connectivity index (χ0v) is 7.90. The summed E-state index contributed by atoms with van der Waals surface area (Å²) in [6.45, 7) is 0. The van der Waals surface area contributed by atoms with Crippen LogP contribution in [0.2, 0.25) is 0 Å². The lowest BCUT2D eigenvalue weighted by Gasteiger charge is -2.24. The number of nitrogens with one attached hydrogen (secondary N) is 2. The van der Waals surface area contributed by atoms with Gasteiger partial charge in [0.25, 0.3) is 0 Å². The fourth-order valence-corrected chi connectivity index (χ4v) is 1.94. The topological polar surface area (TPSA) is 54.0 Å². The van der Waals surface area contributed by atoms with E-state index in [1.165, 1.54) is 0 Å². The molecule has 0 aliphatic carbocycles. The number of hydrazine groups is 1. The molecule has 1 atom stereocenters. The molecule has 2 heterocycles. The smallest absolute Gasteiger partial charge is 0.143 e. The Morgan fingerprint density at radius 1 is 1.33 bits per heavy atom. The van der Waals surface area contributed by atoms with Gasteiger partial charge in [-0.2, -0.15) is 0 Å². The molecule has 1 aromatic carbocycles. The number of hydrogen-bond acceptors (Lipinski definition) is 4. The van der Waals surface area contributed by atoms with Crippen LogP contribution in [0, 0.1) is 0 Å². The first-order valence-electron chi connectivity index (χ1n) is 4.74. The lowest BCUT2D eigenvalue weighted by atomic mass is 10.00. The van der Waals surface area contributed by atoms with Crippen molar-refractivity contribution in [2.75, 3.05) is 5.43 Å². The van der Waals surface area contributed by atoms with E-state index in [1.54, 1.807) is 6.20 Å². The van der Waals surface area contributed by atoms with Crippen molar-refractivity contribution in [3.8, 4) is 0 Å². The van der Waals surface area contributed by atoms with Crippen molar-refractivity contribution < 1.29 is 4.79 Å². The summed E-state index contributed by atoms with van der Waals surface area (Å²) in [4.78, 5) is 15.2. The Morgan fingerprint density at radius 3 is 3.13 bits per heavy atom. The van der Waals surface area contributed by atoms with Gasteiger partial charge in [0.15, 0.2) is 0 Å². The molecular formula is C11H9N3O. The molecule has 4 heteroatoms. The lowest BCUT2D eigenvalue weighted by molar-refractivity contribution is -0.109. The second-order valence-electron chi connectivity index (χ2n) is 3.48. The van der Waals surface area contributed by atoms with Crippen LogP contribution < -0.4 is 10.9 Å². The minimum Gasteiger partial charge on any atom is -0.320 e. The molecule has 4 nitrogen and oxygen atoms in total. The zero-order chi connectivity index (χ0) is 10.3. The average Bonchev–Trinajstić information content (AvgIpc) is 2.30. The molecule has 1 aliphatic rings. The first kappa shape index (κ1) is 8.38. The summed E-state index contributed by atoms with van der Waals surface area (Å²) in [7, 11) is 0. The summed E-state index contributed by atoms with van der Waals surface area (Å²) < 4.78 is 0. The van der Waals surface area contributed by atoms with Gasteiger partial charge in [0.1, 0.15) is 12.3 Å². The van der Waals surface area contributed by atoms with Crippen LogP contribution in [0.15, 0.2) is 30.5 Å². The van der Waals surface area contributed by atoms with Crippen LogP contribution in [0.5, 0.6) is 0 Å². The number of rotatable bonds is 1. The predicted molar refractivity (Wildman–Crippen MR) is 57.3 cm³/mol. The highest BCUT2D eigenvalue weighted by molar-refractivity contribution is 5.97. The molecule has 1 aliphatic heterocycles. The molecule has 0 radical (unpaired) electrons. The van der Waals surface area contributed by atoms with E-state index >= 15 is 0 Å². The summed E-state index contributed by atoms with van der Waals surface area (Å²) in [5.74, 6) is 0. The summed E-state index contributed by atoms with van der Waals surface area (Å²) >= 11 is 0. The van der Waals surface area contributed by atoms with Crippen LogP contribution >= 0.6 is 0 Å². The van der Waals surface area contributed by atoms with Crippen molar-refractivity contribution in [1.29, 1.82) is 0 Å². The lowest BCUT2D eigenvalue weighted by Crippen LogP contribution is -2.32. The number of aromatic nitrogens is 1. The maximum absolute atomic E-state index is 10.9. The predicted octanol–water partition coefficient (Wildman–Crippen LogP) is 1.40. The van der Waals surface area contributed by atoms with E-state index in [9.17, 15) is 4.79 Å². The Labute approximate surface area is 86.3 Å². The van der Waals surface area contributed by atoms with Crippen LogP contribution in [0.4, 0.5) is 5.69 Å². The Balaban J connectivity index is 2.41. The standard InChI is InChI=1S/C11H9N3O/c15-6-10-7-2-1-3-8-11(7)9(13-14-10)4-5-12-8/h1-6,10,13-14H. The number of pyridine rings is 1. The molecule has 2 N–H and O–H groups in total. The van der Waals surface area contributed by atoms with Crippen molar-refractivity contribution in [3.63, 3.8) is 0 Å². The highest BCUT2D eigenvalue weighted by atomic mass is 16.1. The second kappa shape index (κ2) is 3.03. The molecule has 74 valence electrons. The van der Waals surface area contributed by atoms with E-state index in [1.807, 2.05) is 24.3 Å². The van der Waals surface area contributed by atoms with Crippen LogP contribution in [-0.2, 0) is 4.79 Å². The number of benzene rings is 1. The third-order valence-electron chi connectivity index (χ3n) is 2.63. The van der Waals surface area contributed by atoms with Gasteiger partial charge in [-0.05, 0) is 17.7 Å². The van der Waals surface area contributed by atoms with E-state index in [4.69, 9.17) is 0 Å². The fraction of sp³-hybridized carbons (Fsp3) is 0.0909. The normalized spacial score (nSPS) is 18.5. The van der Waals surface area contributed by atoms with Gasteiger partial charge >= 0.3 is 0 Å². The van der Waals surface area contributed by atoms with E-state index in [0.717, 1.165) is 28.4 Å². The number of hydrogen-bond donors (Lipinski definition) is 2. The molecule has 1 unspecified atom stereocenters. The molecule has 2 aromatic rings. The molecule has 0 bridgehead atoms. The molecule has 0 fully saturated rings. The Hall–Kier alpha value is -1.94. The molecule has 0 saturated heterocycles. The molecule has 3 rings (SSSR count). The van der Waals surface area contributed by atoms with Gasteiger partial charge in [0.2, 0.25) is 0 Å². The number of aldehydes is 1. The van der Waals surface area contributed by atoms with E-state index in [2.05, 4.69) is 15.8 Å². The van der Waals surface area contributed by atoms with Gasteiger partial charge in [-0.3, -0.25) is 4.98 Å². The van der Waals surface area contributed by atoms with Crippen LogP contribution in [-0.4, -0.2) is 11.3 Å². The van der Waals surface area contributed by atoms with Gasteiger partial charge in [-0.15, -0.1) is 0 Å². The Bertz CT molecular complexity index is 533. The van der Waals surface area contributed by atoms with Crippen LogP contribution in [0.3, 0.4) is 0 Å². The summed E-state index contributed by atoms with van der Waals surface area (Å²) in [5, 5.41) is 1.02. The molecule has 0 saturated carbocycles. The van der Waals surface area contributed by atoms with Crippen LogP contribution in [0.25, 0.3) is 10.9 Å². The van der Waals surface area contributed by atoms with Gasteiger partial charge in [-0.25, -0.2) is 5.43 Å². The molecule has 0 amide bonds. The quantitative estimate of drug-likeness (QED) is 0.682. The van der Waals surface area contributed by atoms with Gasteiger partial charge in [-0.1, -0.05) is 12.1 Å². The van der Waals surface area contributed by atoms with Crippen molar-refractivity contribution in [3.05, 3.63) is 36.0 Å². The first-order valence-corrected chi connectivity index (χ1v) is 4.74. The number of nitrogens with zero attached hydrogens (tertiary/aromatic N) is 1. The van der Waals surface area contributed by atoms with Crippen molar-refractivity contribution >= 4 is 22.9 Å². The Morgan fingerprint density at radius 2 is 2.27 bits per heavy atom. The first-order chi connectivity index (χ1) is 7.40. The summed E-state index contributed by atoms with van der Waals surface area (Å²) in [6.07, 6.45) is 2.63. The SMILES string of the molecule is O=CC1NNc2ccnc3cccc1c23.